The van der Waals surface area contributed by atoms with Crippen LogP contribution in [0.5, 0.6) is 0 Å². The Kier molecular flexibility index (Phi) is 11.7. The molecule has 240 valence electrons. The number of thiol groups is 1. The van der Waals surface area contributed by atoms with Crippen molar-refractivity contribution in [3.05, 3.63) is 144 Å². The second kappa shape index (κ2) is 15.5. The number of carbonyl (C=O) groups excluding carboxylic acids is 2. The van der Waals surface area contributed by atoms with Crippen LogP contribution in [0.1, 0.15) is 36.1 Å². The number of hydrogen-bond acceptors (Lipinski definition) is 6. The van der Waals surface area contributed by atoms with E-state index in [4.69, 9.17) is 5.73 Å². The van der Waals surface area contributed by atoms with Crippen LogP contribution in [0.3, 0.4) is 0 Å². The molecule has 0 aliphatic carbocycles. The average Bonchev–Trinajstić information content (AvgIpc) is 3.06. The van der Waals surface area contributed by atoms with Crippen molar-refractivity contribution in [2.24, 2.45) is 5.73 Å². The molecule has 9 heteroatoms. The number of hydrogen-bond donors (Lipinski definition) is 4. The summed E-state index contributed by atoms with van der Waals surface area (Å²) in [4.78, 5) is 41.1. The number of rotatable bonds is 14. The molecule has 0 fully saturated rings. The molecular weight excluding hydrogens is 615 g/mol. The maximum Gasteiger partial charge on any atom is 0.327 e. The predicted octanol–water partition coefficient (Wildman–Crippen LogP) is 5.39. The number of benzene rings is 4. The predicted molar refractivity (Wildman–Crippen MR) is 189 cm³/mol. The van der Waals surface area contributed by atoms with E-state index in [1.807, 2.05) is 84.9 Å². The Morgan fingerprint density at radius 3 is 1.61 bits per heavy atom. The van der Waals surface area contributed by atoms with Crippen LogP contribution in [0.15, 0.2) is 121 Å². The third-order valence-electron chi connectivity index (χ3n) is 7.97. The van der Waals surface area contributed by atoms with Crippen LogP contribution in [-0.2, 0) is 25.6 Å². The molecule has 0 unspecified atom stereocenters. The van der Waals surface area contributed by atoms with Gasteiger partial charge >= 0.3 is 5.97 Å². The van der Waals surface area contributed by atoms with E-state index >= 15 is 0 Å². The number of nitrogens with two attached hydrogens (primary N) is 1. The van der Waals surface area contributed by atoms with Gasteiger partial charge in [-0.1, -0.05) is 121 Å². The highest BCUT2D eigenvalue weighted by Crippen LogP contribution is 2.48. The molecule has 7 nitrogen and oxygen atoms in total. The fourth-order valence-electron chi connectivity index (χ4n) is 5.49. The average molecular weight is 656 g/mol. The molecule has 0 saturated heterocycles. The summed E-state index contributed by atoms with van der Waals surface area (Å²) in [5.74, 6) is -2.00. The Morgan fingerprint density at radius 2 is 1.22 bits per heavy atom. The lowest BCUT2D eigenvalue weighted by Gasteiger charge is -2.37. The highest BCUT2D eigenvalue weighted by atomic mass is 32.2. The van der Waals surface area contributed by atoms with Gasteiger partial charge in [0.1, 0.15) is 12.1 Å². The minimum absolute atomic E-state index is 0.177. The summed E-state index contributed by atoms with van der Waals surface area (Å²) < 4.78 is -1.72. The largest absolute Gasteiger partial charge is 0.480 e. The van der Waals surface area contributed by atoms with Crippen LogP contribution in [0.25, 0.3) is 0 Å². The van der Waals surface area contributed by atoms with Crippen molar-refractivity contribution in [1.29, 1.82) is 0 Å². The van der Waals surface area contributed by atoms with E-state index in [2.05, 4.69) is 54.3 Å². The first-order chi connectivity index (χ1) is 21.9. The van der Waals surface area contributed by atoms with Crippen molar-refractivity contribution in [1.82, 2.24) is 10.2 Å². The van der Waals surface area contributed by atoms with E-state index in [1.165, 1.54) is 4.90 Å². The second-order valence-electron chi connectivity index (χ2n) is 11.8. The number of nitrogens with one attached hydrogen (secondary N) is 1. The monoisotopic (exact) mass is 655 g/mol. The number of aliphatic carboxylic acids is 1. The van der Waals surface area contributed by atoms with Gasteiger partial charge in [-0.05, 0) is 36.1 Å². The van der Waals surface area contributed by atoms with Crippen LogP contribution in [0.4, 0.5) is 0 Å². The van der Waals surface area contributed by atoms with E-state index in [9.17, 15) is 19.5 Å². The van der Waals surface area contributed by atoms with Crippen LogP contribution in [0, 0.1) is 0 Å². The minimum atomic E-state index is -1.28. The third-order valence-corrected chi connectivity index (χ3v) is 9.89. The summed E-state index contributed by atoms with van der Waals surface area (Å²) in [7, 11) is 1.54. The molecule has 4 N–H and O–H groups in total. The van der Waals surface area contributed by atoms with Gasteiger partial charge in [-0.15, -0.1) is 11.8 Å². The fraction of sp³-hybridized carbons (Fsp3) is 0.270. The Hall–Kier alpha value is -4.05. The van der Waals surface area contributed by atoms with Gasteiger partial charge in [-0.25, -0.2) is 4.79 Å². The Bertz CT molecular complexity index is 1490. The lowest BCUT2D eigenvalue weighted by atomic mass is 9.84. The second-order valence-corrected chi connectivity index (χ2v) is 14.2. The van der Waals surface area contributed by atoms with Gasteiger partial charge in [0, 0.05) is 24.0 Å². The van der Waals surface area contributed by atoms with Gasteiger partial charge in [-0.2, -0.15) is 12.6 Å². The highest BCUT2D eigenvalue weighted by Gasteiger charge is 2.40. The minimum Gasteiger partial charge on any atom is -0.480 e. The molecule has 0 heterocycles. The molecular formula is C37H41N3O4S2. The molecule has 0 aliphatic heterocycles. The van der Waals surface area contributed by atoms with Crippen LogP contribution in [0.2, 0.25) is 0 Å². The van der Waals surface area contributed by atoms with Gasteiger partial charge in [0.25, 0.3) is 0 Å². The van der Waals surface area contributed by atoms with Crippen molar-refractivity contribution >= 4 is 42.2 Å². The van der Waals surface area contributed by atoms with Crippen LogP contribution < -0.4 is 11.1 Å². The number of amides is 2. The molecule has 0 saturated carbocycles. The van der Waals surface area contributed by atoms with Crippen molar-refractivity contribution in [3.63, 3.8) is 0 Å². The molecule has 0 spiro atoms. The Morgan fingerprint density at radius 1 is 0.804 bits per heavy atom. The summed E-state index contributed by atoms with van der Waals surface area (Å²) in [5.41, 5.74) is 10.6. The zero-order chi connectivity index (χ0) is 33.3. The normalized spacial score (nSPS) is 13.7. The third kappa shape index (κ3) is 8.20. The molecule has 2 amide bonds. The highest BCUT2D eigenvalue weighted by molar-refractivity contribution is 8.00. The lowest BCUT2D eigenvalue weighted by Crippen LogP contribution is -2.59. The maximum absolute atomic E-state index is 14.0. The zero-order valence-electron chi connectivity index (χ0n) is 26.2. The molecule has 4 aromatic carbocycles. The number of carbonyl (C=O) groups is 3. The molecule has 0 aliphatic rings. The van der Waals surface area contributed by atoms with Gasteiger partial charge in [0.2, 0.25) is 11.8 Å². The molecule has 46 heavy (non-hydrogen) atoms. The molecule has 4 rings (SSSR count). The maximum atomic E-state index is 14.0. The summed E-state index contributed by atoms with van der Waals surface area (Å²) in [6, 6.07) is 36.4. The molecule has 3 atom stereocenters. The molecule has 0 bridgehead atoms. The SMILES string of the molecule is CN(C(=O)[C@@H](N)CSC(c1ccccc1)(c1ccccc1)c1ccccc1)[C@H](Cc1ccccc1)C(=O)N[C@@H](C(=O)O)C(C)(C)S. The van der Waals surface area contributed by atoms with Gasteiger partial charge in [0.15, 0.2) is 0 Å². The summed E-state index contributed by atoms with van der Waals surface area (Å²) in [6.07, 6.45) is 0.177. The lowest BCUT2D eigenvalue weighted by molar-refractivity contribution is -0.145. The van der Waals surface area contributed by atoms with Crippen molar-refractivity contribution in [3.8, 4) is 0 Å². The number of thioether (sulfide) groups is 1. The van der Waals surface area contributed by atoms with E-state index in [0.717, 1.165) is 22.3 Å². The first kappa shape index (κ1) is 34.8. The first-order valence-corrected chi connectivity index (χ1v) is 16.5. The van der Waals surface area contributed by atoms with Crippen molar-refractivity contribution < 1.29 is 19.5 Å². The quantitative estimate of drug-likeness (QED) is 0.107. The standard InChI is InChI=1S/C37H41N3O4S2/c1-36(2,45)32(35(43)44)39-33(41)31(24-26-16-8-4-9-17-26)40(3)34(42)30(38)25-46-37(27-18-10-5-11-19-27,28-20-12-6-13-21-28)29-22-14-7-15-23-29/h4-23,30-32,45H,24-25,38H2,1-3H3,(H,39,41)(H,43,44)/t30-,31+,32-/m0/s1. The van der Waals surface area contributed by atoms with Gasteiger partial charge < -0.3 is 21.1 Å². The number of nitrogens with zero attached hydrogens (tertiary/aromatic N) is 1. The Balaban J connectivity index is 1.65. The number of likely N-dealkylation sites (N-methyl/N-ethyl adjacent to an activating group) is 1. The van der Waals surface area contributed by atoms with Gasteiger partial charge in [0.05, 0.1) is 10.8 Å². The topological polar surface area (TPSA) is 113 Å². The molecule has 0 radical (unpaired) electrons. The van der Waals surface area contributed by atoms with Gasteiger partial charge in [-0.3, -0.25) is 9.59 Å². The van der Waals surface area contributed by atoms with E-state index in [1.54, 1.807) is 32.7 Å². The zero-order valence-corrected chi connectivity index (χ0v) is 28.0. The summed E-state index contributed by atoms with van der Waals surface area (Å²) in [6.45, 7) is 3.23. The Labute approximate surface area is 281 Å². The first-order valence-electron chi connectivity index (χ1n) is 15.1. The fourth-order valence-corrected chi connectivity index (χ4v) is 7.15. The van der Waals surface area contributed by atoms with Crippen LogP contribution in [-0.4, -0.2) is 63.5 Å². The number of carboxylic acid groups (broad SMARTS) is 1. The molecule has 0 aromatic heterocycles. The number of carboxylic acids is 1. The molecule has 4 aromatic rings. The van der Waals surface area contributed by atoms with E-state index in [0.29, 0.717) is 0 Å². The van der Waals surface area contributed by atoms with E-state index in [-0.39, 0.29) is 12.2 Å². The smallest absolute Gasteiger partial charge is 0.327 e. The van der Waals surface area contributed by atoms with Crippen molar-refractivity contribution in [2.75, 3.05) is 12.8 Å². The summed E-state index contributed by atoms with van der Waals surface area (Å²) >= 11 is 5.97. The summed E-state index contributed by atoms with van der Waals surface area (Å²) in [5, 5.41) is 12.4. The van der Waals surface area contributed by atoms with E-state index < -0.39 is 45.4 Å². The van der Waals surface area contributed by atoms with Crippen LogP contribution >= 0.6 is 24.4 Å². The van der Waals surface area contributed by atoms with Crippen molar-refractivity contribution in [2.45, 2.75) is 47.9 Å².